The van der Waals surface area contributed by atoms with Gasteiger partial charge in [0.2, 0.25) is 0 Å². The molecule has 0 N–H and O–H groups in total. The third kappa shape index (κ3) is 8.10. The van der Waals surface area contributed by atoms with Crippen molar-refractivity contribution in [2.45, 2.75) is 156 Å². The molecule has 4 aliphatic carbocycles. The van der Waals surface area contributed by atoms with Gasteiger partial charge in [0.1, 0.15) is 13.2 Å². The highest BCUT2D eigenvalue weighted by Crippen LogP contribution is 2.59. The predicted molar refractivity (Wildman–Crippen MR) is 227 cm³/mol. The second-order valence-corrected chi connectivity index (χ2v) is 19.7. The number of carbonyl (C=O) groups excluding carboxylic acids is 4. The summed E-state index contributed by atoms with van der Waals surface area (Å²) in [5.41, 5.74) is 7.37. The summed E-state index contributed by atoms with van der Waals surface area (Å²) in [6.45, 7) is 22.2. The van der Waals surface area contributed by atoms with E-state index < -0.39 is 10.8 Å². The third-order valence-electron chi connectivity index (χ3n) is 15.3. The van der Waals surface area contributed by atoms with Crippen LogP contribution in [0.1, 0.15) is 187 Å². The molecule has 4 aliphatic rings. The molecule has 0 aromatic heterocycles. The first-order valence-electron chi connectivity index (χ1n) is 22.2. The molecule has 0 saturated heterocycles. The minimum absolute atomic E-state index is 0.0964. The zero-order valence-electron chi connectivity index (χ0n) is 37.2. The average Bonchev–Trinajstić information content (AvgIpc) is 3.17. The van der Waals surface area contributed by atoms with Gasteiger partial charge in [-0.05, 0) is 159 Å². The summed E-state index contributed by atoms with van der Waals surface area (Å²) >= 11 is 0. The number of hydrogen-bond donors (Lipinski definition) is 0. The summed E-state index contributed by atoms with van der Waals surface area (Å²) in [4.78, 5) is 52.9. The van der Waals surface area contributed by atoms with E-state index in [1.54, 1.807) is 13.8 Å². The Morgan fingerprint density at radius 2 is 0.931 bits per heavy atom. The van der Waals surface area contributed by atoms with E-state index in [1.807, 2.05) is 0 Å². The normalized spacial score (nSPS) is 28.9. The van der Waals surface area contributed by atoms with Gasteiger partial charge < -0.3 is 18.9 Å². The van der Waals surface area contributed by atoms with Crippen LogP contribution < -0.4 is 0 Å². The van der Waals surface area contributed by atoms with E-state index in [9.17, 15) is 19.2 Å². The van der Waals surface area contributed by atoms with Crippen molar-refractivity contribution in [3.8, 4) is 0 Å². The standard InChI is InChI=1S/C50H70O8/c1-31(2)37-27-35-13-15-43-47(7,41(35)29-39(37)33(5)51)17-11-19-49(43,9)45(53)57-25-23-55-21-22-56-24-26-58-46(54)50(10)20-12-18-48(8)42-30-40(34(6)52)38(32(3)4)28-36(42)14-16-44(48)50/h27-32,43-44H,11-26H2,1-10H3. The van der Waals surface area contributed by atoms with E-state index in [2.05, 4.69) is 79.7 Å². The molecular formula is C50H70O8. The summed E-state index contributed by atoms with van der Waals surface area (Å²) in [5, 5.41) is 0. The summed E-state index contributed by atoms with van der Waals surface area (Å²) < 4.78 is 23.3. The molecule has 8 nitrogen and oxygen atoms in total. The summed E-state index contributed by atoms with van der Waals surface area (Å²) in [6.07, 6.45) is 9.06. The van der Waals surface area contributed by atoms with E-state index in [4.69, 9.17) is 18.9 Å². The Balaban J connectivity index is 0.939. The topological polar surface area (TPSA) is 105 Å². The van der Waals surface area contributed by atoms with Gasteiger partial charge in [0, 0.05) is 11.1 Å². The highest BCUT2D eigenvalue weighted by atomic mass is 16.6. The molecule has 6 unspecified atom stereocenters. The molecule has 0 heterocycles. The van der Waals surface area contributed by atoms with Crippen molar-refractivity contribution >= 4 is 23.5 Å². The van der Waals surface area contributed by atoms with Crippen LogP contribution in [0.2, 0.25) is 0 Å². The van der Waals surface area contributed by atoms with Crippen molar-refractivity contribution in [1.29, 1.82) is 0 Å². The zero-order chi connectivity index (χ0) is 42.2. The monoisotopic (exact) mass is 799 g/mol. The minimum atomic E-state index is -0.607. The Labute approximate surface area is 347 Å². The Morgan fingerprint density at radius 3 is 1.28 bits per heavy atom. The number of hydrogen-bond acceptors (Lipinski definition) is 8. The van der Waals surface area contributed by atoms with Crippen molar-refractivity contribution < 1.29 is 38.1 Å². The first-order valence-corrected chi connectivity index (χ1v) is 22.2. The highest BCUT2D eigenvalue weighted by Gasteiger charge is 2.57. The lowest BCUT2D eigenvalue weighted by molar-refractivity contribution is -0.167. The number of carbonyl (C=O) groups is 4. The van der Waals surface area contributed by atoms with Gasteiger partial charge in [0.25, 0.3) is 0 Å². The lowest BCUT2D eigenvalue weighted by Crippen LogP contribution is -2.53. The number of fused-ring (bicyclic) bond motifs is 6. The Morgan fingerprint density at radius 1 is 0.569 bits per heavy atom. The fourth-order valence-corrected chi connectivity index (χ4v) is 12.2. The maximum atomic E-state index is 13.8. The van der Waals surface area contributed by atoms with E-state index in [1.165, 1.54) is 22.3 Å². The van der Waals surface area contributed by atoms with Crippen molar-refractivity contribution in [3.05, 3.63) is 68.8 Å². The number of rotatable bonds is 15. The van der Waals surface area contributed by atoms with Crippen LogP contribution in [0, 0.1) is 22.7 Å². The van der Waals surface area contributed by atoms with Gasteiger partial charge in [-0.1, -0.05) is 66.5 Å². The van der Waals surface area contributed by atoms with E-state index in [0.29, 0.717) is 13.2 Å². The molecular weight excluding hydrogens is 729 g/mol. The lowest BCUT2D eigenvalue weighted by Gasteiger charge is -2.54. The number of benzene rings is 2. The maximum absolute atomic E-state index is 13.8. The summed E-state index contributed by atoms with van der Waals surface area (Å²) in [5.74, 6) is 0.671. The van der Waals surface area contributed by atoms with Gasteiger partial charge in [-0.15, -0.1) is 0 Å². The van der Waals surface area contributed by atoms with Crippen LogP contribution in [-0.2, 0) is 52.2 Å². The molecule has 2 saturated carbocycles. The maximum Gasteiger partial charge on any atom is 0.312 e. The van der Waals surface area contributed by atoms with Crippen LogP contribution in [-0.4, -0.2) is 63.1 Å². The highest BCUT2D eigenvalue weighted by molar-refractivity contribution is 5.97. The molecule has 8 heteroatoms. The van der Waals surface area contributed by atoms with Crippen LogP contribution in [0.3, 0.4) is 0 Å². The van der Waals surface area contributed by atoms with E-state index in [0.717, 1.165) is 86.5 Å². The SMILES string of the molecule is CC(=O)c1cc2c(cc1C(C)C)CCC1C(C)(C(=O)OCCOCCOCCOC(=O)C3(C)CCCC4(C)c5cc(C(C)=O)c(C(C)C)cc5CCC34)CCCC21C. The molecule has 2 aromatic rings. The van der Waals surface area contributed by atoms with Crippen molar-refractivity contribution in [2.24, 2.45) is 22.7 Å². The first kappa shape index (κ1) is 44.2. The second-order valence-electron chi connectivity index (χ2n) is 19.7. The van der Waals surface area contributed by atoms with E-state index >= 15 is 0 Å². The van der Waals surface area contributed by atoms with Crippen LogP contribution in [0.15, 0.2) is 24.3 Å². The van der Waals surface area contributed by atoms with E-state index in [-0.39, 0.29) is 84.4 Å². The lowest BCUT2D eigenvalue weighted by atomic mass is 9.49. The first-order chi connectivity index (χ1) is 27.4. The molecule has 6 atom stereocenters. The Hall–Kier alpha value is -3.36. The molecule has 2 fully saturated rings. The predicted octanol–water partition coefficient (Wildman–Crippen LogP) is 10.2. The average molecular weight is 799 g/mol. The smallest absolute Gasteiger partial charge is 0.312 e. The number of Topliss-reactive ketones (excluding diaryl/α,β-unsaturated/α-hetero) is 2. The van der Waals surface area contributed by atoms with Crippen molar-refractivity contribution in [1.82, 2.24) is 0 Å². The fraction of sp³-hybridized carbons (Fsp3) is 0.680. The van der Waals surface area contributed by atoms with Crippen LogP contribution in [0.5, 0.6) is 0 Å². The molecule has 0 amide bonds. The van der Waals surface area contributed by atoms with Crippen LogP contribution in [0.25, 0.3) is 0 Å². The Kier molecular flexibility index (Phi) is 13.2. The summed E-state index contributed by atoms with van der Waals surface area (Å²) in [7, 11) is 0. The Bertz CT molecular complexity index is 1760. The van der Waals surface area contributed by atoms with Crippen molar-refractivity contribution in [2.75, 3.05) is 39.6 Å². The second kappa shape index (κ2) is 17.3. The summed E-state index contributed by atoms with van der Waals surface area (Å²) in [6, 6.07) is 8.81. The number of ether oxygens (including phenoxy) is 4. The van der Waals surface area contributed by atoms with Crippen LogP contribution in [0.4, 0.5) is 0 Å². The van der Waals surface area contributed by atoms with Gasteiger partial charge in [0.05, 0.1) is 37.3 Å². The quantitative estimate of drug-likeness (QED) is 0.0997. The van der Waals surface area contributed by atoms with Gasteiger partial charge in [-0.25, -0.2) is 0 Å². The van der Waals surface area contributed by atoms with Gasteiger partial charge >= 0.3 is 11.9 Å². The molecule has 0 radical (unpaired) electrons. The third-order valence-corrected chi connectivity index (χ3v) is 15.3. The number of ketones is 2. The molecule has 318 valence electrons. The van der Waals surface area contributed by atoms with Crippen molar-refractivity contribution in [3.63, 3.8) is 0 Å². The zero-order valence-corrected chi connectivity index (χ0v) is 37.2. The van der Waals surface area contributed by atoms with Gasteiger partial charge in [-0.3, -0.25) is 19.2 Å². The van der Waals surface area contributed by atoms with Gasteiger partial charge in [-0.2, -0.15) is 0 Å². The molecule has 58 heavy (non-hydrogen) atoms. The fourth-order valence-electron chi connectivity index (χ4n) is 12.2. The number of esters is 2. The van der Waals surface area contributed by atoms with Gasteiger partial charge in [0.15, 0.2) is 11.6 Å². The number of aryl methyl sites for hydroxylation is 2. The van der Waals surface area contributed by atoms with Crippen LogP contribution >= 0.6 is 0 Å². The largest absolute Gasteiger partial charge is 0.463 e. The molecule has 0 bridgehead atoms. The molecule has 2 aromatic carbocycles. The molecule has 0 spiro atoms. The minimum Gasteiger partial charge on any atom is -0.463 e. The molecule has 6 rings (SSSR count). The molecule has 0 aliphatic heterocycles.